The minimum atomic E-state index is -1.01. The van der Waals surface area contributed by atoms with Crippen LogP contribution in [0.25, 0.3) is 0 Å². The van der Waals surface area contributed by atoms with Crippen molar-refractivity contribution in [2.24, 2.45) is 0 Å². The lowest BCUT2D eigenvalue weighted by Crippen LogP contribution is -2.61. The summed E-state index contributed by atoms with van der Waals surface area (Å²) in [5.74, 6) is -1.99. The van der Waals surface area contributed by atoms with Crippen LogP contribution in [0.1, 0.15) is 45.1 Å². The molecule has 3 rings (SSSR count). The van der Waals surface area contributed by atoms with Crippen LogP contribution in [0, 0.1) is 0 Å². The van der Waals surface area contributed by atoms with Gasteiger partial charge in [0.25, 0.3) is 0 Å². The molecule has 2 fully saturated rings. The van der Waals surface area contributed by atoms with Gasteiger partial charge in [-0.3, -0.25) is 9.59 Å². The van der Waals surface area contributed by atoms with Crippen LogP contribution in [0.2, 0.25) is 0 Å². The van der Waals surface area contributed by atoms with Crippen LogP contribution in [0.15, 0.2) is 30.3 Å². The van der Waals surface area contributed by atoms with Crippen LogP contribution in [0.5, 0.6) is 0 Å². The summed E-state index contributed by atoms with van der Waals surface area (Å²) in [6.07, 6.45) is 0.582. The van der Waals surface area contributed by atoms with Gasteiger partial charge in [0.15, 0.2) is 11.9 Å². The van der Waals surface area contributed by atoms with Crippen molar-refractivity contribution in [1.82, 2.24) is 0 Å². The molecule has 0 amide bonds. The Morgan fingerprint density at radius 1 is 1.11 bits per heavy atom. The number of benzene rings is 1. The van der Waals surface area contributed by atoms with Crippen molar-refractivity contribution < 1.29 is 33.3 Å². The number of carbonyl (C=O) groups excluding carboxylic acids is 2. The highest BCUT2D eigenvalue weighted by Crippen LogP contribution is 2.40. The number of esters is 2. The predicted octanol–water partition coefficient (Wildman–Crippen LogP) is 2.71. The third kappa shape index (κ3) is 5.06. The Kier molecular flexibility index (Phi) is 6.46. The first-order valence-corrected chi connectivity index (χ1v) is 9.30. The van der Waals surface area contributed by atoms with Crippen molar-refractivity contribution in [3.63, 3.8) is 0 Å². The molecule has 2 heterocycles. The second-order valence-corrected chi connectivity index (χ2v) is 6.88. The topological polar surface area (TPSA) is 80.3 Å². The Labute approximate surface area is 158 Å². The largest absolute Gasteiger partial charge is 0.456 e. The average Bonchev–Trinajstić information content (AvgIpc) is 2.64. The molecule has 1 spiro atoms. The van der Waals surface area contributed by atoms with Crippen molar-refractivity contribution in [2.45, 2.75) is 70.4 Å². The number of ether oxygens (including phenoxy) is 5. The fourth-order valence-corrected chi connectivity index (χ4v) is 3.53. The lowest BCUT2D eigenvalue weighted by molar-refractivity contribution is -0.390. The van der Waals surface area contributed by atoms with E-state index >= 15 is 0 Å². The van der Waals surface area contributed by atoms with Gasteiger partial charge in [0.05, 0.1) is 13.2 Å². The molecule has 148 valence electrons. The fraction of sp³-hybridized carbons (Fsp3) is 0.600. The molecule has 2 saturated heterocycles. The Morgan fingerprint density at radius 3 is 2.48 bits per heavy atom. The van der Waals surface area contributed by atoms with E-state index in [4.69, 9.17) is 23.7 Å². The van der Waals surface area contributed by atoms with Gasteiger partial charge in [-0.25, -0.2) is 0 Å². The number of rotatable bonds is 5. The minimum absolute atomic E-state index is 0.324. The molecule has 4 atom stereocenters. The van der Waals surface area contributed by atoms with Gasteiger partial charge < -0.3 is 23.7 Å². The van der Waals surface area contributed by atoms with Crippen LogP contribution in [-0.4, -0.2) is 42.8 Å². The molecule has 0 radical (unpaired) electrons. The van der Waals surface area contributed by atoms with Crippen LogP contribution in [0.3, 0.4) is 0 Å². The molecule has 2 aliphatic heterocycles. The molecule has 0 aromatic heterocycles. The third-order valence-corrected chi connectivity index (χ3v) is 4.72. The summed E-state index contributed by atoms with van der Waals surface area (Å²) in [4.78, 5) is 23.0. The minimum Gasteiger partial charge on any atom is -0.456 e. The van der Waals surface area contributed by atoms with Gasteiger partial charge in [0.2, 0.25) is 6.29 Å². The summed E-state index contributed by atoms with van der Waals surface area (Å²) >= 11 is 0. The molecule has 27 heavy (non-hydrogen) atoms. The van der Waals surface area contributed by atoms with Crippen molar-refractivity contribution >= 4 is 11.9 Å². The van der Waals surface area contributed by atoms with E-state index in [2.05, 4.69) is 0 Å². The highest BCUT2D eigenvalue weighted by molar-refractivity contribution is 5.67. The first kappa shape index (κ1) is 19.8. The Bertz CT molecular complexity index is 639. The van der Waals surface area contributed by atoms with Gasteiger partial charge in [-0.2, -0.15) is 0 Å². The Morgan fingerprint density at radius 2 is 1.85 bits per heavy atom. The quantitative estimate of drug-likeness (QED) is 0.729. The average molecular weight is 378 g/mol. The molecular weight excluding hydrogens is 352 g/mol. The third-order valence-electron chi connectivity index (χ3n) is 4.72. The number of hydrogen-bond acceptors (Lipinski definition) is 7. The molecule has 1 aromatic carbocycles. The summed E-state index contributed by atoms with van der Waals surface area (Å²) in [5.41, 5.74) is 1.02. The highest BCUT2D eigenvalue weighted by Gasteiger charge is 2.53. The molecular formula is C20H26O7. The summed E-state index contributed by atoms with van der Waals surface area (Å²) in [6, 6.07) is 9.79. The number of carbonyl (C=O) groups is 2. The lowest BCUT2D eigenvalue weighted by atomic mass is 9.92. The van der Waals surface area contributed by atoms with Gasteiger partial charge in [0.1, 0.15) is 6.10 Å². The van der Waals surface area contributed by atoms with E-state index in [0.717, 1.165) is 18.4 Å². The van der Waals surface area contributed by atoms with Gasteiger partial charge in [-0.1, -0.05) is 30.3 Å². The Balaban J connectivity index is 1.79. The smallest absolute Gasteiger partial charge is 0.305 e. The summed E-state index contributed by atoms with van der Waals surface area (Å²) in [7, 11) is 0. The number of hydrogen-bond donors (Lipinski definition) is 0. The van der Waals surface area contributed by atoms with Crippen molar-refractivity contribution in [3.8, 4) is 0 Å². The molecule has 0 aliphatic carbocycles. The van der Waals surface area contributed by atoms with Crippen LogP contribution >= 0.6 is 0 Å². The van der Waals surface area contributed by atoms with E-state index in [-0.39, 0.29) is 0 Å². The molecule has 0 N–H and O–H groups in total. The zero-order valence-electron chi connectivity index (χ0n) is 15.7. The Hall–Kier alpha value is -1.96. The summed E-state index contributed by atoms with van der Waals surface area (Å²) < 4.78 is 28.8. The zero-order chi connectivity index (χ0) is 19.3. The molecule has 7 heteroatoms. The summed E-state index contributed by atoms with van der Waals surface area (Å²) in [6.45, 7) is 3.52. The van der Waals surface area contributed by atoms with Crippen molar-refractivity contribution in [1.29, 1.82) is 0 Å². The van der Waals surface area contributed by atoms with Crippen molar-refractivity contribution in [3.05, 3.63) is 35.9 Å². The van der Waals surface area contributed by atoms with E-state index < -0.39 is 36.2 Å². The van der Waals surface area contributed by atoms with Gasteiger partial charge in [-0.15, -0.1) is 0 Å². The monoisotopic (exact) mass is 378 g/mol. The second-order valence-electron chi connectivity index (χ2n) is 6.88. The lowest BCUT2D eigenvalue weighted by Gasteiger charge is -2.49. The maximum absolute atomic E-state index is 11.5. The fourth-order valence-electron chi connectivity index (χ4n) is 3.53. The van der Waals surface area contributed by atoms with Crippen LogP contribution in [0.4, 0.5) is 0 Å². The highest BCUT2D eigenvalue weighted by atomic mass is 16.8. The molecule has 0 bridgehead atoms. The van der Waals surface area contributed by atoms with E-state index in [1.165, 1.54) is 13.8 Å². The van der Waals surface area contributed by atoms with Crippen molar-refractivity contribution in [2.75, 3.05) is 6.61 Å². The van der Waals surface area contributed by atoms with Gasteiger partial charge >= 0.3 is 11.9 Å². The van der Waals surface area contributed by atoms with Crippen LogP contribution in [-0.2, 0) is 39.9 Å². The van der Waals surface area contributed by atoms with Gasteiger partial charge in [0, 0.05) is 26.7 Å². The summed E-state index contributed by atoms with van der Waals surface area (Å²) in [5, 5.41) is 0. The maximum Gasteiger partial charge on any atom is 0.305 e. The maximum atomic E-state index is 11.5. The normalized spacial score (nSPS) is 30.7. The van der Waals surface area contributed by atoms with E-state index in [1.807, 2.05) is 30.3 Å². The molecule has 0 saturated carbocycles. The predicted molar refractivity (Wildman–Crippen MR) is 94.4 cm³/mol. The van der Waals surface area contributed by atoms with E-state index in [1.54, 1.807) is 0 Å². The first-order valence-electron chi connectivity index (χ1n) is 9.30. The van der Waals surface area contributed by atoms with Crippen LogP contribution < -0.4 is 0 Å². The molecule has 1 aromatic rings. The second kappa shape index (κ2) is 8.82. The van der Waals surface area contributed by atoms with E-state index in [9.17, 15) is 9.59 Å². The molecule has 0 unspecified atom stereocenters. The molecule has 7 nitrogen and oxygen atoms in total. The SMILES string of the molecule is CC(=O)O[C@H]1O[C@@]2(CCCCO2)[C@@H](OCc2ccccc2)C[C@@H]1OC(C)=O. The first-order chi connectivity index (χ1) is 13.0. The zero-order valence-corrected chi connectivity index (χ0v) is 15.7. The van der Waals surface area contributed by atoms with E-state index in [0.29, 0.717) is 26.1 Å². The standard InChI is InChI=1S/C20H26O7/c1-14(21)25-17-12-18(23-13-16-8-4-3-5-9-16)20(10-6-7-11-24-20)27-19(17)26-15(2)22/h3-5,8-9,17-19H,6-7,10-13H2,1-2H3/t17-,18-,19-,20-/m0/s1. The van der Waals surface area contributed by atoms with Gasteiger partial charge in [-0.05, 0) is 18.4 Å². The molecule has 2 aliphatic rings.